The second-order valence-corrected chi connectivity index (χ2v) is 3.67. The van der Waals surface area contributed by atoms with Crippen LogP contribution < -0.4 is 21.3 Å². The summed E-state index contributed by atoms with van der Waals surface area (Å²) in [6.07, 6.45) is 2.05. The summed E-state index contributed by atoms with van der Waals surface area (Å²) in [6.45, 7) is 5.16. The summed E-state index contributed by atoms with van der Waals surface area (Å²) in [6, 6.07) is -0.212. The minimum Gasteiger partial charge on any atom is -0.356 e. The summed E-state index contributed by atoms with van der Waals surface area (Å²) in [7, 11) is 1.56. The highest BCUT2D eigenvalue weighted by atomic mass is 16.2. The van der Waals surface area contributed by atoms with E-state index in [4.69, 9.17) is 0 Å². The highest BCUT2D eigenvalue weighted by molar-refractivity contribution is 5.76. The summed E-state index contributed by atoms with van der Waals surface area (Å²) >= 11 is 0. The van der Waals surface area contributed by atoms with E-state index < -0.39 is 0 Å². The van der Waals surface area contributed by atoms with Gasteiger partial charge in [0.1, 0.15) is 0 Å². The highest BCUT2D eigenvalue weighted by Crippen LogP contribution is 1.87. The van der Waals surface area contributed by atoms with Gasteiger partial charge in [-0.15, -0.1) is 0 Å². The number of hydrogen-bond acceptors (Lipinski definition) is 3. The average molecular weight is 244 g/mol. The molecular formula is C11H24N4O2. The maximum Gasteiger partial charge on any atom is 0.314 e. The molecule has 4 N–H and O–H groups in total. The van der Waals surface area contributed by atoms with Crippen LogP contribution in [0.25, 0.3) is 0 Å². The first-order valence-electron chi connectivity index (χ1n) is 6.13. The summed E-state index contributed by atoms with van der Waals surface area (Å²) in [5, 5.41) is 11.1. The van der Waals surface area contributed by atoms with Crippen molar-refractivity contribution >= 4 is 11.9 Å². The van der Waals surface area contributed by atoms with E-state index in [1.54, 1.807) is 7.05 Å². The van der Waals surface area contributed by atoms with Crippen molar-refractivity contribution in [3.8, 4) is 0 Å². The molecule has 0 fully saturated rings. The third-order valence-electron chi connectivity index (χ3n) is 2.20. The van der Waals surface area contributed by atoms with E-state index in [2.05, 4.69) is 28.2 Å². The van der Waals surface area contributed by atoms with Crippen LogP contribution in [0, 0.1) is 0 Å². The fraction of sp³-hybridized carbons (Fsp3) is 0.818. The average Bonchev–Trinajstić information content (AvgIpc) is 2.34. The van der Waals surface area contributed by atoms with Crippen molar-refractivity contribution in [3.63, 3.8) is 0 Å². The van der Waals surface area contributed by atoms with Crippen LogP contribution >= 0.6 is 0 Å². The number of hydrogen-bond donors (Lipinski definition) is 4. The summed E-state index contributed by atoms with van der Waals surface area (Å²) in [5.41, 5.74) is 0. The molecule has 0 bridgehead atoms. The quantitative estimate of drug-likeness (QED) is 0.424. The number of nitrogens with one attached hydrogen (secondary N) is 4. The van der Waals surface area contributed by atoms with E-state index >= 15 is 0 Å². The molecule has 0 aromatic carbocycles. The molecule has 0 heterocycles. The predicted molar refractivity (Wildman–Crippen MR) is 67.9 cm³/mol. The van der Waals surface area contributed by atoms with Crippen LogP contribution in [0.3, 0.4) is 0 Å². The SMILES string of the molecule is CCNCCCNC(=O)CCCNC(=O)NC. The Hall–Kier alpha value is -1.30. The van der Waals surface area contributed by atoms with Crippen molar-refractivity contribution in [2.75, 3.05) is 33.2 Å². The third-order valence-corrected chi connectivity index (χ3v) is 2.20. The Kier molecular flexibility index (Phi) is 10.3. The molecule has 17 heavy (non-hydrogen) atoms. The number of urea groups is 1. The van der Waals surface area contributed by atoms with E-state index in [1.807, 2.05) is 0 Å². The standard InChI is InChI=1S/C11H24N4O2/c1-3-13-7-5-9-14-10(16)6-4-8-15-11(17)12-2/h13H,3-9H2,1-2H3,(H,14,16)(H2,12,15,17). The Bertz CT molecular complexity index is 222. The molecule has 0 aliphatic carbocycles. The first-order valence-corrected chi connectivity index (χ1v) is 6.13. The molecule has 0 aliphatic rings. The molecule has 0 aliphatic heterocycles. The van der Waals surface area contributed by atoms with Crippen LogP contribution in [0.15, 0.2) is 0 Å². The molecule has 0 unspecified atom stereocenters. The van der Waals surface area contributed by atoms with E-state index in [9.17, 15) is 9.59 Å². The molecule has 0 aromatic heterocycles. The molecule has 0 spiro atoms. The van der Waals surface area contributed by atoms with Crippen LogP contribution in [-0.2, 0) is 4.79 Å². The Labute approximate surface area is 103 Å². The summed E-state index contributed by atoms with van der Waals surface area (Å²) in [4.78, 5) is 22.1. The first kappa shape index (κ1) is 15.7. The van der Waals surface area contributed by atoms with Crippen LogP contribution in [0.4, 0.5) is 4.79 Å². The van der Waals surface area contributed by atoms with Gasteiger partial charge in [0.25, 0.3) is 0 Å². The molecule has 6 nitrogen and oxygen atoms in total. The van der Waals surface area contributed by atoms with Gasteiger partial charge in [0.05, 0.1) is 0 Å². The molecule has 0 rings (SSSR count). The van der Waals surface area contributed by atoms with Gasteiger partial charge in [-0.05, 0) is 25.9 Å². The van der Waals surface area contributed by atoms with E-state index in [1.165, 1.54) is 0 Å². The van der Waals surface area contributed by atoms with Crippen molar-refractivity contribution in [2.45, 2.75) is 26.2 Å². The van der Waals surface area contributed by atoms with Crippen LogP contribution in [0.5, 0.6) is 0 Å². The Morgan fingerprint density at radius 3 is 2.35 bits per heavy atom. The number of amides is 3. The minimum absolute atomic E-state index is 0.0419. The maximum atomic E-state index is 11.3. The topological polar surface area (TPSA) is 82.3 Å². The molecule has 0 aromatic rings. The van der Waals surface area contributed by atoms with Gasteiger partial charge in [0, 0.05) is 26.6 Å². The van der Waals surface area contributed by atoms with E-state index in [0.717, 1.165) is 19.5 Å². The number of carbonyl (C=O) groups is 2. The fourth-order valence-corrected chi connectivity index (χ4v) is 1.25. The molecule has 3 amide bonds. The first-order chi connectivity index (χ1) is 8.20. The molecule has 0 saturated carbocycles. The van der Waals surface area contributed by atoms with E-state index in [-0.39, 0.29) is 11.9 Å². The van der Waals surface area contributed by atoms with Gasteiger partial charge in [0.2, 0.25) is 5.91 Å². The maximum absolute atomic E-state index is 11.3. The molecule has 0 atom stereocenters. The Morgan fingerprint density at radius 2 is 1.71 bits per heavy atom. The van der Waals surface area contributed by atoms with Crippen molar-refractivity contribution in [2.24, 2.45) is 0 Å². The monoisotopic (exact) mass is 244 g/mol. The lowest BCUT2D eigenvalue weighted by Crippen LogP contribution is -2.34. The smallest absolute Gasteiger partial charge is 0.314 e. The zero-order chi connectivity index (χ0) is 12.9. The summed E-state index contributed by atoms with van der Waals surface area (Å²) in [5.74, 6) is 0.0419. The van der Waals surface area contributed by atoms with Gasteiger partial charge in [-0.3, -0.25) is 4.79 Å². The van der Waals surface area contributed by atoms with Gasteiger partial charge >= 0.3 is 6.03 Å². The van der Waals surface area contributed by atoms with Crippen molar-refractivity contribution in [1.82, 2.24) is 21.3 Å². The highest BCUT2D eigenvalue weighted by Gasteiger charge is 2.01. The fourth-order valence-electron chi connectivity index (χ4n) is 1.25. The van der Waals surface area contributed by atoms with Crippen LogP contribution in [-0.4, -0.2) is 45.2 Å². The molecule has 0 radical (unpaired) electrons. The molecular weight excluding hydrogens is 220 g/mol. The van der Waals surface area contributed by atoms with Gasteiger partial charge in [-0.25, -0.2) is 4.79 Å². The number of carbonyl (C=O) groups excluding carboxylic acids is 2. The van der Waals surface area contributed by atoms with Crippen molar-refractivity contribution in [3.05, 3.63) is 0 Å². The zero-order valence-electron chi connectivity index (χ0n) is 10.8. The minimum atomic E-state index is -0.212. The van der Waals surface area contributed by atoms with Crippen molar-refractivity contribution in [1.29, 1.82) is 0 Å². The lowest BCUT2D eigenvalue weighted by Gasteiger charge is -2.06. The number of rotatable bonds is 9. The lowest BCUT2D eigenvalue weighted by molar-refractivity contribution is -0.121. The van der Waals surface area contributed by atoms with Crippen molar-refractivity contribution < 1.29 is 9.59 Å². The van der Waals surface area contributed by atoms with E-state index in [0.29, 0.717) is 25.9 Å². The normalized spacial score (nSPS) is 9.76. The molecule has 6 heteroatoms. The molecule has 100 valence electrons. The zero-order valence-corrected chi connectivity index (χ0v) is 10.8. The lowest BCUT2D eigenvalue weighted by atomic mass is 10.3. The molecule has 0 saturated heterocycles. The van der Waals surface area contributed by atoms with Gasteiger partial charge < -0.3 is 21.3 Å². The Balaban J connectivity index is 3.26. The van der Waals surface area contributed by atoms with Gasteiger partial charge in [0.15, 0.2) is 0 Å². The van der Waals surface area contributed by atoms with Crippen LogP contribution in [0.1, 0.15) is 26.2 Å². The summed E-state index contributed by atoms with van der Waals surface area (Å²) < 4.78 is 0. The third kappa shape index (κ3) is 11.0. The van der Waals surface area contributed by atoms with Gasteiger partial charge in [-0.1, -0.05) is 6.92 Å². The second kappa shape index (κ2) is 11.2. The van der Waals surface area contributed by atoms with Crippen LogP contribution in [0.2, 0.25) is 0 Å². The Morgan fingerprint density at radius 1 is 1.00 bits per heavy atom. The van der Waals surface area contributed by atoms with Gasteiger partial charge in [-0.2, -0.15) is 0 Å². The largest absolute Gasteiger partial charge is 0.356 e. The predicted octanol–water partition coefficient (Wildman–Crippen LogP) is -0.189. The second-order valence-electron chi connectivity index (χ2n) is 3.67.